The van der Waals surface area contributed by atoms with Crippen molar-refractivity contribution in [1.82, 2.24) is 10.6 Å². The van der Waals surface area contributed by atoms with Gasteiger partial charge in [0.2, 0.25) is 5.91 Å². The van der Waals surface area contributed by atoms with E-state index in [0.29, 0.717) is 11.5 Å². The maximum Gasteiger partial charge on any atom is 0.216 e. The number of hydrogen-bond acceptors (Lipinski definition) is 2. The molecule has 19 heavy (non-hydrogen) atoms. The van der Waals surface area contributed by atoms with Gasteiger partial charge in [0.15, 0.2) is 0 Å². The summed E-state index contributed by atoms with van der Waals surface area (Å²) in [6.07, 6.45) is 8.89. The molecule has 0 radical (unpaired) electrons. The summed E-state index contributed by atoms with van der Waals surface area (Å²) in [6, 6.07) is 0.606. The van der Waals surface area contributed by atoms with Gasteiger partial charge >= 0.3 is 0 Å². The number of nitrogens with one attached hydrogen (secondary N) is 2. The lowest BCUT2D eigenvalue weighted by Gasteiger charge is -2.59. The van der Waals surface area contributed by atoms with E-state index in [-0.39, 0.29) is 5.91 Å². The Morgan fingerprint density at radius 1 is 1.11 bits per heavy atom. The predicted octanol–water partition coefficient (Wildman–Crippen LogP) is 2.32. The van der Waals surface area contributed by atoms with E-state index >= 15 is 0 Å². The molecule has 1 amide bonds. The van der Waals surface area contributed by atoms with Crippen molar-refractivity contribution in [3.05, 3.63) is 0 Å². The van der Waals surface area contributed by atoms with Crippen molar-refractivity contribution in [3.63, 3.8) is 0 Å². The summed E-state index contributed by atoms with van der Waals surface area (Å²) in [5, 5.41) is 6.55. The summed E-state index contributed by atoms with van der Waals surface area (Å²) < 4.78 is 0. The van der Waals surface area contributed by atoms with Crippen LogP contribution in [0.5, 0.6) is 0 Å². The second kappa shape index (κ2) is 5.08. The number of carbonyl (C=O) groups excluding carboxylic acids is 1. The van der Waals surface area contributed by atoms with Crippen LogP contribution < -0.4 is 10.6 Å². The van der Waals surface area contributed by atoms with E-state index in [1.54, 1.807) is 6.92 Å². The van der Waals surface area contributed by atoms with Crippen LogP contribution >= 0.6 is 0 Å². The Bertz CT molecular complexity index is 317. The second-order valence-corrected chi connectivity index (χ2v) is 7.44. The molecule has 4 fully saturated rings. The van der Waals surface area contributed by atoms with Gasteiger partial charge in [0, 0.05) is 26.1 Å². The highest BCUT2D eigenvalue weighted by atomic mass is 16.1. The largest absolute Gasteiger partial charge is 0.355 e. The molecule has 2 N–H and O–H groups in total. The normalized spacial score (nSPS) is 41.3. The molecule has 4 rings (SSSR count). The minimum Gasteiger partial charge on any atom is -0.355 e. The van der Waals surface area contributed by atoms with Crippen LogP contribution in [-0.4, -0.2) is 25.0 Å². The van der Waals surface area contributed by atoms with E-state index in [2.05, 4.69) is 17.6 Å². The molecular formula is C16H28N2O. The van der Waals surface area contributed by atoms with Gasteiger partial charge in [0.05, 0.1) is 0 Å². The molecule has 1 unspecified atom stereocenters. The molecule has 3 heteroatoms. The van der Waals surface area contributed by atoms with Crippen LogP contribution in [0.25, 0.3) is 0 Å². The summed E-state index contributed by atoms with van der Waals surface area (Å²) in [7, 11) is 0. The van der Waals surface area contributed by atoms with Crippen molar-refractivity contribution in [2.45, 2.75) is 58.4 Å². The van der Waals surface area contributed by atoms with Gasteiger partial charge in [-0.2, -0.15) is 0 Å². The Hall–Kier alpha value is -0.570. The molecule has 4 aliphatic carbocycles. The number of carbonyl (C=O) groups is 1. The Labute approximate surface area is 116 Å². The van der Waals surface area contributed by atoms with Gasteiger partial charge in [-0.05, 0) is 68.6 Å². The van der Waals surface area contributed by atoms with Crippen LogP contribution in [0.4, 0.5) is 0 Å². The third-order valence-electron chi connectivity index (χ3n) is 5.95. The topological polar surface area (TPSA) is 41.1 Å². The van der Waals surface area contributed by atoms with E-state index in [9.17, 15) is 4.79 Å². The second-order valence-electron chi connectivity index (χ2n) is 7.44. The van der Waals surface area contributed by atoms with Crippen molar-refractivity contribution < 1.29 is 4.79 Å². The number of amides is 1. The lowest BCUT2D eigenvalue weighted by atomic mass is 9.48. The van der Waals surface area contributed by atoms with Crippen LogP contribution in [-0.2, 0) is 4.79 Å². The first kappa shape index (κ1) is 13.4. The average molecular weight is 264 g/mol. The maximum absolute atomic E-state index is 10.9. The third-order valence-corrected chi connectivity index (χ3v) is 5.95. The van der Waals surface area contributed by atoms with Gasteiger partial charge in [-0.3, -0.25) is 4.79 Å². The summed E-state index contributed by atoms with van der Waals surface area (Å²) in [4.78, 5) is 10.9. The Balaban J connectivity index is 1.54. The van der Waals surface area contributed by atoms with Crippen molar-refractivity contribution in [2.75, 3.05) is 13.1 Å². The highest BCUT2D eigenvalue weighted by Gasteiger charge is 2.52. The van der Waals surface area contributed by atoms with Gasteiger partial charge in [0.25, 0.3) is 0 Å². The first-order valence-electron chi connectivity index (χ1n) is 8.05. The summed E-state index contributed by atoms with van der Waals surface area (Å²) in [5.41, 5.74) is 0.574. The van der Waals surface area contributed by atoms with Crippen LogP contribution in [0.3, 0.4) is 0 Å². The predicted molar refractivity (Wildman–Crippen MR) is 76.8 cm³/mol. The van der Waals surface area contributed by atoms with Crippen LogP contribution in [0, 0.1) is 23.2 Å². The molecule has 0 aromatic rings. The molecule has 0 spiro atoms. The number of rotatable bonds is 5. The zero-order chi connectivity index (χ0) is 13.5. The SMILES string of the molecule is CC(=O)NCCNC(C)C12CC3CC(CC(C3)C1)C2. The van der Waals surface area contributed by atoms with E-state index in [4.69, 9.17) is 0 Å². The monoisotopic (exact) mass is 264 g/mol. The third kappa shape index (κ3) is 2.67. The van der Waals surface area contributed by atoms with E-state index in [1.165, 1.54) is 38.5 Å². The molecular weight excluding hydrogens is 236 g/mol. The fraction of sp³-hybridized carbons (Fsp3) is 0.938. The molecule has 0 saturated heterocycles. The van der Waals surface area contributed by atoms with E-state index in [0.717, 1.165) is 30.8 Å². The molecule has 4 bridgehead atoms. The molecule has 0 aromatic carbocycles. The molecule has 0 heterocycles. The van der Waals surface area contributed by atoms with Crippen molar-refractivity contribution in [2.24, 2.45) is 23.2 Å². The summed E-state index contributed by atoms with van der Waals surface area (Å²) >= 11 is 0. The van der Waals surface area contributed by atoms with Crippen molar-refractivity contribution >= 4 is 5.91 Å². The Morgan fingerprint density at radius 3 is 2.11 bits per heavy atom. The van der Waals surface area contributed by atoms with Crippen LogP contribution in [0.15, 0.2) is 0 Å². The van der Waals surface area contributed by atoms with Gasteiger partial charge in [-0.25, -0.2) is 0 Å². The molecule has 0 aromatic heterocycles. The zero-order valence-corrected chi connectivity index (χ0v) is 12.4. The van der Waals surface area contributed by atoms with Gasteiger partial charge in [-0.1, -0.05) is 0 Å². The number of hydrogen-bond donors (Lipinski definition) is 2. The molecule has 0 aliphatic heterocycles. The van der Waals surface area contributed by atoms with E-state index in [1.807, 2.05) is 0 Å². The van der Waals surface area contributed by atoms with Gasteiger partial charge in [0.1, 0.15) is 0 Å². The average Bonchev–Trinajstić information content (AvgIpc) is 2.32. The molecule has 4 saturated carbocycles. The van der Waals surface area contributed by atoms with Crippen molar-refractivity contribution in [1.29, 1.82) is 0 Å². The quantitative estimate of drug-likeness (QED) is 0.748. The minimum absolute atomic E-state index is 0.0734. The van der Waals surface area contributed by atoms with Crippen LogP contribution in [0.1, 0.15) is 52.4 Å². The summed E-state index contributed by atoms with van der Waals surface area (Å²) in [5.74, 6) is 3.13. The summed E-state index contributed by atoms with van der Waals surface area (Å²) in [6.45, 7) is 5.62. The Morgan fingerprint density at radius 2 is 1.63 bits per heavy atom. The fourth-order valence-electron chi connectivity index (χ4n) is 5.45. The lowest BCUT2D eigenvalue weighted by Crippen LogP contribution is -2.55. The Kier molecular flexibility index (Phi) is 3.59. The van der Waals surface area contributed by atoms with Gasteiger partial charge < -0.3 is 10.6 Å². The fourth-order valence-corrected chi connectivity index (χ4v) is 5.45. The first-order valence-corrected chi connectivity index (χ1v) is 8.05. The molecule has 4 aliphatic rings. The van der Waals surface area contributed by atoms with Gasteiger partial charge in [-0.15, -0.1) is 0 Å². The maximum atomic E-state index is 10.9. The molecule has 3 nitrogen and oxygen atoms in total. The zero-order valence-electron chi connectivity index (χ0n) is 12.4. The molecule has 1 atom stereocenters. The highest BCUT2D eigenvalue weighted by Crippen LogP contribution is 2.61. The smallest absolute Gasteiger partial charge is 0.216 e. The van der Waals surface area contributed by atoms with E-state index < -0.39 is 0 Å². The molecule has 108 valence electrons. The minimum atomic E-state index is 0.0734. The highest BCUT2D eigenvalue weighted by molar-refractivity contribution is 5.72. The first-order chi connectivity index (χ1) is 9.07. The lowest BCUT2D eigenvalue weighted by molar-refractivity contribution is -0.118. The van der Waals surface area contributed by atoms with Crippen LogP contribution in [0.2, 0.25) is 0 Å². The van der Waals surface area contributed by atoms with Crippen molar-refractivity contribution in [3.8, 4) is 0 Å². The standard InChI is InChI=1S/C16H28N2O/c1-11(17-3-4-18-12(2)19)16-8-13-5-14(9-16)7-15(6-13)10-16/h11,13-15,17H,3-10H2,1-2H3,(H,18,19).